The number of pyridine rings is 1. The van der Waals surface area contributed by atoms with E-state index in [0.29, 0.717) is 28.4 Å². The molecule has 31 heavy (non-hydrogen) atoms. The molecule has 2 aromatic carbocycles. The van der Waals surface area contributed by atoms with E-state index in [2.05, 4.69) is 15.6 Å². The average molecular weight is 435 g/mol. The molecular weight excluding hydrogens is 416 g/mol. The van der Waals surface area contributed by atoms with Crippen LogP contribution in [0, 0.1) is 0 Å². The number of carbonyl (C=O) groups is 3. The van der Waals surface area contributed by atoms with Gasteiger partial charge in [0, 0.05) is 47.1 Å². The number of aromatic nitrogens is 1. The van der Waals surface area contributed by atoms with Crippen LogP contribution in [0.4, 0.5) is 5.69 Å². The normalized spacial score (nSPS) is 20.5. The number of anilines is 1. The highest BCUT2D eigenvalue weighted by molar-refractivity contribution is 6.30. The highest BCUT2D eigenvalue weighted by atomic mass is 35.5. The summed E-state index contributed by atoms with van der Waals surface area (Å²) in [5, 5.41) is 8.00. The Bertz CT molecular complexity index is 1220. The van der Waals surface area contributed by atoms with Gasteiger partial charge < -0.3 is 15.5 Å². The molecule has 5 rings (SSSR count). The first-order valence-electron chi connectivity index (χ1n) is 10.0. The first-order valence-corrected chi connectivity index (χ1v) is 10.4. The number of rotatable bonds is 3. The molecule has 0 aliphatic carbocycles. The zero-order valence-corrected chi connectivity index (χ0v) is 17.2. The Morgan fingerprint density at radius 3 is 2.81 bits per heavy atom. The van der Waals surface area contributed by atoms with Gasteiger partial charge >= 0.3 is 0 Å². The number of benzene rings is 2. The Balaban J connectivity index is 1.51. The fourth-order valence-electron chi connectivity index (χ4n) is 4.33. The predicted molar refractivity (Wildman–Crippen MR) is 117 cm³/mol. The third-order valence-electron chi connectivity index (χ3n) is 5.90. The molecule has 1 fully saturated rings. The molecule has 2 unspecified atom stereocenters. The van der Waals surface area contributed by atoms with Crippen LogP contribution in [0.2, 0.25) is 5.02 Å². The summed E-state index contributed by atoms with van der Waals surface area (Å²) < 4.78 is 0. The van der Waals surface area contributed by atoms with Crippen molar-refractivity contribution in [3.8, 4) is 0 Å². The van der Waals surface area contributed by atoms with Gasteiger partial charge in [0.25, 0.3) is 5.91 Å². The Hall–Kier alpha value is -3.45. The van der Waals surface area contributed by atoms with Crippen molar-refractivity contribution in [2.45, 2.75) is 18.4 Å². The van der Waals surface area contributed by atoms with Crippen LogP contribution >= 0.6 is 11.6 Å². The number of halogens is 1. The van der Waals surface area contributed by atoms with Gasteiger partial charge in [0.2, 0.25) is 11.8 Å². The van der Waals surface area contributed by atoms with Gasteiger partial charge in [0.05, 0.1) is 23.8 Å². The highest BCUT2D eigenvalue weighted by Crippen LogP contribution is 2.34. The van der Waals surface area contributed by atoms with Gasteiger partial charge in [-0.3, -0.25) is 19.4 Å². The average Bonchev–Trinajstić information content (AvgIpc) is 3.20. The quantitative estimate of drug-likeness (QED) is 0.663. The molecule has 2 atom stereocenters. The molecule has 2 aliphatic rings. The smallest absolute Gasteiger partial charge is 0.254 e. The molecule has 0 radical (unpaired) electrons. The molecular formula is C23H19ClN4O3. The van der Waals surface area contributed by atoms with Crippen LogP contribution in [0.15, 0.2) is 54.9 Å². The van der Waals surface area contributed by atoms with Crippen molar-refractivity contribution in [2.24, 2.45) is 0 Å². The molecule has 0 bridgehead atoms. The number of hydrogen-bond donors (Lipinski definition) is 2. The predicted octanol–water partition coefficient (Wildman–Crippen LogP) is 2.95. The molecule has 1 aromatic heterocycles. The van der Waals surface area contributed by atoms with Crippen molar-refractivity contribution in [3.63, 3.8) is 0 Å². The van der Waals surface area contributed by atoms with Crippen molar-refractivity contribution in [1.82, 2.24) is 15.2 Å². The Morgan fingerprint density at radius 2 is 2.00 bits per heavy atom. The van der Waals surface area contributed by atoms with Crippen LogP contribution in [-0.4, -0.2) is 46.7 Å². The first kappa shape index (κ1) is 19.5. The summed E-state index contributed by atoms with van der Waals surface area (Å²) in [6.07, 6.45) is 3.59. The minimum atomic E-state index is -0.624. The van der Waals surface area contributed by atoms with E-state index in [1.54, 1.807) is 35.5 Å². The Morgan fingerprint density at radius 1 is 1.16 bits per heavy atom. The maximum absolute atomic E-state index is 13.4. The van der Waals surface area contributed by atoms with Crippen molar-refractivity contribution in [1.29, 1.82) is 0 Å². The van der Waals surface area contributed by atoms with Gasteiger partial charge in [-0.15, -0.1) is 0 Å². The van der Waals surface area contributed by atoms with E-state index in [4.69, 9.17) is 11.6 Å². The lowest BCUT2D eigenvalue weighted by Crippen LogP contribution is -2.49. The zero-order valence-electron chi connectivity index (χ0n) is 16.5. The van der Waals surface area contributed by atoms with Gasteiger partial charge in [-0.25, -0.2) is 0 Å². The van der Waals surface area contributed by atoms with Gasteiger partial charge in [-0.2, -0.15) is 0 Å². The topological polar surface area (TPSA) is 91.4 Å². The second-order valence-electron chi connectivity index (χ2n) is 7.80. The molecule has 1 saturated heterocycles. The van der Waals surface area contributed by atoms with Crippen LogP contribution in [0.3, 0.4) is 0 Å². The van der Waals surface area contributed by atoms with E-state index in [9.17, 15) is 14.4 Å². The van der Waals surface area contributed by atoms with Crippen LogP contribution in [0.25, 0.3) is 10.8 Å². The lowest BCUT2D eigenvalue weighted by molar-refractivity contribution is -0.119. The molecule has 3 aromatic rings. The largest absolute Gasteiger partial charge is 0.354 e. The molecule has 0 saturated carbocycles. The summed E-state index contributed by atoms with van der Waals surface area (Å²) in [6.45, 7) is 0.560. The summed E-state index contributed by atoms with van der Waals surface area (Å²) in [5.74, 6) is -1.16. The van der Waals surface area contributed by atoms with E-state index in [1.165, 1.54) is 0 Å². The fraction of sp³-hybridized carbons (Fsp3) is 0.217. The maximum Gasteiger partial charge on any atom is 0.254 e. The minimum Gasteiger partial charge on any atom is -0.354 e. The van der Waals surface area contributed by atoms with Gasteiger partial charge in [0.1, 0.15) is 0 Å². The van der Waals surface area contributed by atoms with Gasteiger partial charge in [-0.1, -0.05) is 35.9 Å². The number of fused-ring (bicyclic) bond motifs is 2. The van der Waals surface area contributed by atoms with Crippen LogP contribution < -0.4 is 10.6 Å². The fourth-order valence-corrected chi connectivity index (χ4v) is 4.52. The van der Waals surface area contributed by atoms with Gasteiger partial charge in [0.15, 0.2) is 0 Å². The standard InChI is InChI=1S/C23H19ClN4O3/c24-14-5-6-17-18(7-14)19(12-28(23(17)31)15-8-21(29)26-10-15)22(30)27-20-11-25-9-13-3-1-2-4-16(13)20/h1-7,9,11,15,19H,8,10,12H2,(H,26,29)(H,27,30). The Labute approximate surface area is 183 Å². The second-order valence-corrected chi connectivity index (χ2v) is 8.24. The molecule has 8 heteroatoms. The molecule has 3 heterocycles. The second kappa shape index (κ2) is 7.67. The molecule has 2 aliphatic heterocycles. The summed E-state index contributed by atoms with van der Waals surface area (Å²) in [7, 11) is 0. The SMILES string of the molecule is O=C1CC(N2CC(C(=O)Nc3cncc4ccccc34)c3cc(Cl)ccc3C2=O)CN1. The number of amides is 3. The third kappa shape index (κ3) is 3.51. The number of nitrogens with one attached hydrogen (secondary N) is 2. The van der Waals surface area contributed by atoms with Gasteiger partial charge in [-0.05, 0) is 23.8 Å². The van der Waals surface area contributed by atoms with E-state index >= 15 is 0 Å². The first-order chi connectivity index (χ1) is 15.0. The summed E-state index contributed by atoms with van der Waals surface area (Å²) >= 11 is 6.19. The zero-order chi connectivity index (χ0) is 21.5. The minimum absolute atomic E-state index is 0.0949. The number of nitrogens with zero attached hydrogens (tertiary/aromatic N) is 2. The van der Waals surface area contributed by atoms with Crippen LogP contribution in [0.5, 0.6) is 0 Å². The highest BCUT2D eigenvalue weighted by Gasteiger charge is 2.40. The summed E-state index contributed by atoms with van der Waals surface area (Å²) in [4.78, 5) is 44.1. The van der Waals surface area contributed by atoms with Crippen LogP contribution in [0.1, 0.15) is 28.3 Å². The number of carbonyl (C=O) groups excluding carboxylic acids is 3. The monoisotopic (exact) mass is 434 g/mol. The lowest BCUT2D eigenvalue weighted by atomic mass is 9.87. The maximum atomic E-state index is 13.4. The summed E-state index contributed by atoms with van der Waals surface area (Å²) in [6, 6.07) is 12.4. The molecule has 0 spiro atoms. The van der Waals surface area contributed by atoms with Crippen molar-refractivity contribution in [2.75, 3.05) is 18.4 Å². The van der Waals surface area contributed by atoms with Crippen molar-refractivity contribution < 1.29 is 14.4 Å². The molecule has 7 nitrogen and oxygen atoms in total. The van der Waals surface area contributed by atoms with E-state index < -0.39 is 5.92 Å². The van der Waals surface area contributed by atoms with Crippen LogP contribution in [-0.2, 0) is 9.59 Å². The third-order valence-corrected chi connectivity index (χ3v) is 6.13. The number of hydrogen-bond acceptors (Lipinski definition) is 4. The molecule has 2 N–H and O–H groups in total. The van der Waals surface area contributed by atoms with E-state index in [0.717, 1.165) is 10.8 Å². The van der Waals surface area contributed by atoms with Crippen molar-refractivity contribution in [3.05, 3.63) is 71.0 Å². The van der Waals surface area contributed by atoms with E-state index in [1.807, 2.05) is 24.3 Å². The Kier molecular flexibility index (Phi) is 4.82. The summed E-state index contributed by atoms with van der Waals surface area (Å²) in [5.41, 5.74) is 1.63. The lowest BCUT2D eigenvalue weighted by Gasteiger charge is -2.37. The van der Waals surface area contributed by atoms with E-state index in [-0.39, 0.29) is 36.7 Å². The molecule has 156 valence electrons. The molecule has 3 amide bonds. The van der Waals surface area contributed by atoms with Crippen molar-refractivity contribution >= 4 is 45.8 Å².